The summed E-state index contributed by atoms with van der Waals surface area (Å²) in [7, 11) is 0. The van der Waals surface area contributed by atoms with E-state index in [1.54, 1.807) is 22.6 Å². The maximum absolute atomic E-state index is 12.5. The Labute approximate surface area is 101 Å². The van der Waals surface area contributed by atoms with Crippen molar-refractivity contribution >= 4 is 50.1 Å². The van der Waals surface area contributed by atoms with E-state index in [0.717, 1.165) is 0 Å². The van der Waals surface area contributed by atoms with Crippen LogP contribution in [0.2, 0.25) is 5.02 Å². The molecule has 0 atom stereocenters. The predicted octanol–water partition coefficient (Wildman–Crippen LogP) is 4.17. The Bertz CT molecular complexity index is 322. The van der Waals surface area contributed by atoms with Crippen molar-refractivity contribution in [2.75, 3.05) is 0 Å². The molecule has 72 valence electrons. The molecule has 0 bridgehead atoms. The Morgan fingerprint density at radius 3 is 2.69 bits per heavy atom. The number of aromatic nitrogens is 1. The molecule has 0 aromatic carbocycles. The predicted molar refractivity (Wildman–Crippen MR) is 59.6 cm³/mol. The lowest BCUT2D eigenvalue weighted by molar-refractivity contribution is 0.150. The average molecular weight is 382 g/mol. The van der Waals surface area contributed by atoms with Crippen LogP contribution in [0.3, 0.4) is 0 Å². The molecule has 0 saturated heterocycles. The molecule has 0 amide bonds. The van der Waals surface area contributed by atoms with Crippen LogP contribution < -0.4 is 0 Å². The summed E-state index contributed by atoms with van der Waals surface area (Å²) in [5, 5.41) is 0.529. The molecule has 1 rings (SSSR count). The van der Waals surface area contributed by atoms with E-state index < -0.39 is 6.43 Å². The molecule has 1 aromatic rings. The highest BCUT2D eigenvalue weighted by Gasteiger charge is 2.19. The van der Waals surface area contributed by atoms with Crippen LogP contribution >= 0.6 is 50.1 Å². The summed E-state index contributed by atoms with van der Waals surface area (Å²) in [5.74, 6) is 0. The van der Waals surface area contributed by atoms with Gasteiger partial charge >= 0.3 is 0 Å². The maximum Gasteiger partial charge on any atom is 0.267 e. The fourth-order valence-corrected chi connectivity index (χ4v) is 2.48. The van der Waals surface area contributed by atoms with Crippen molar-refractivity contribution in [1.82, 2.24) is 4.98 Å². The van der Waals surface area contributed by atoms with E-state index in [4.69, 9.17) is 11.6 Å². The molecule has 1 heterocycles. The zero-order valence-corrected chi connectivity index (χ0v) is 10.7. The Morgan fingerprint density at radius 2 is 2.23 bits per heavy atom. The second-order valence-corrected chi connectivity index (χ2v) is 4.20. The van der Waals surface area contributed by atoms with Gasteiger partial charge in [-0.15, -0.1) is 0 Å². The molecule has 0 spiro atoms. The lowest BCUT2D eigenvalue weighted by Gasteiger charge is -2.07. The van der Waals surface area contributed by atoms with Gasteiger partial charge in [0, 0.05) is 17.1 Å². The van der Waals surface area contributed by atoms with Gasteiger partial charge in [0.05, 0.1) is 10.6 Å². The molecule has 0 radical (unpaired) electrons. The highest BCUT2D eigenvalue weighted by molar-refractivity contribution is 14.1. The van der Waals surface area contributed by atoms with E-state index in [2.05, 4.69) is 20.9 Å². The lowest BCUT2D eigenvalue weighted by atomic mass is 10.2. The van der Waals surface area contributed by atoms with Crippen LogP contribution in [0.4, 0.5) is 8.78 Å². The quantitative estimate of drug-likeness (QED) is 0.425. The average Bonchev–Trinajstić information content (AvgIpc) is 2.04. The van der Waals surface area contributed by atoms with E-state index >= 15 is 0 Å². The van der Waals surface area contributed by atoms with Crippen molar-refractivity contribution in [2.24, 2.45) is 0 Å². The number of halogens is 5. The molecule has 0 aliphatic rings. The van der Waals surface area contributed by atoms with E-state index in [1.807, 2.05) is 0 Å². The minimum absolute atomic E-state index is 0.103. The van der Waals surface area contributed by atoms with Gasteiger partial charge in [0.15, 0.2) is 0 Å². The number of hydrogen-bond donors (Lipinski definition) is 0. The first kappa shape index (κ1) is 11.6. The van der Waals surface area contributed by atoms with Crippen molar-refractivity contribution in [3.63, 3.8) is 0 Å². The Morgan fingerprint density at radius 1 is 1.62 bits per heavy atom. The molecule has 0 saturated carbocycles. The van der Waals surface area contributed by atoms with Gasteiger partial charge in [-0.2, -0.15) is 0 Å². The summed E-state index contributed by atoms with van der Waals surface area (Å²) in [6, 6.07) is 0. The fraction of sp³-hybridized carbons (Fsp3) is 0.286. The third-order valence-corrected chi connectivity index (χ3v) is 3.35. The van der Waals surface area contributed by atoms with Gasteiger partial charge in [0.2, 0.25) is 0 Å². The molecule has 0 N–H and O–H groups in total. The first-order valence-corrected chi connectivity index (χ1v) is 5.82. The first-order chi connectivity index (χ1) is 6.07. The molecule has 0 unspecified atom stereocenters. The molecule has 1 aromatic heterocycles. The fourth-order valence-electron chi connectivity index (χ4n) is 0.803. The molecule has 0 fully saturated rings. The third kappa shape index (κ3) is 2.50. The van der Waals surface area contributed by atoms with Crippen molar-refractivity contribution in [2.45, 2.75) is 11.8 Å². The third-order valence-electron chi connectivity index (χ3n) is 1.44. The summed E-state index contributed by atoms with van der Waals surface area (Å²) < 4.78 is 25.2. The zero-order chi connectivity index (χ0) is 10.0. The molecular formula is C7H4BrClF2IN. The first-order valence-electron chi connectivity index (χ1n) is 3.24. The van der Waals surface area contributed by atoms with Crippen molar-refractivity contribution < 1.29 is 8.78 Å². The van der Waals surface area contributed by atoms with Crippen molar-refractivity contribution in [1.29, 1.82) is 0 Å². The Kier molecular flexibility index (Phi) is 4.31. The minimum atomic E-state index is -2.58. The van der Waals surface area contributed by atoms with Gasteiger partial charge in [-0.3, -0.25) is 0 Å². The highest BCUT2D eigenvalue weighted by atomic mass is 127. The van der Waals surface area contributed by atoms with Crippen LogP contribution in [0.1, 0.15) is 17.6 Å². The van der Waals surface area contributed by atoms with Crippen LogP contribution in [0.25, 0.3) is 0 Å². The summed E-state index contributed by atoms with van der Waals surface area (Å²) in [5.41, 5.74) is 0.400. The van der Waals surface area contributed by atoms with Crippen LogP contribution in [-0.4, -0.2) is 4.98 Å². The molecule has 13 heavy (non-hydrogen) atoms. The minimum Gasteiger partial charge on any atom is -0.249 e. The van der Waals surface area contributed by atoms with Crippen LogP contribution in [0.15, 0.2) is 6.20 Å². The second-order valence-electron chi connectivity index (χ2n) is 2.24. The summed E-state index contributed by atoms with van der Waals surface area (Å²) in [4.78, 5) is 3.82. The van der Waals surface area contributed by atoms with E-state index in [9.17, 15) is 8.78 Å². The number of pyridine rings is 1. The zero-order valence-electron chi connectivity index (χ0n) is 6.20. The van der Waals surface area contributed by atoms with Gasteiger partial charge in [0.25, 0.3) is 6.43 Å². The van der Waals surface area contributed by atoms with Gasteiger partial charge in [-0.05, 0) is 22.6 Å². The molecule has 6 heteroatoms. The molecule has 1 nitrogen and oxygen atoms in total. The van der Waals surface area contributed by atoms with Crippen LogP contribution in [-0.2, 0) is 5.33 Å². The van der Waals surface area contributed by atoms with Gasteiger partial charge in [-0.1, -0.05) is 27.5 Å². The number of hydrogen-bond acceptors (Lipinski definition) is 1. The van der Waals surface area contributed by atoms with Crippen LogP contribution in [0, 0.1) is 3.70 Å². The molecular weight excluding hydrogens is 378 g/mol. The number of nitrogens with zero attached hydrogens (tertiary/aromatic N) is 1. The van der Waals surface area contributed by atoms with Gasteiger partial charge in [-0.25, -0.2) is 13.8 Å². The largest absolute Gasteiger partial charge is 0.267 e. The maximum atomic E-state index is 12.5. The van der Waals surface area contributed by atoms with E-state index in [0.29, 0.717) is 10.9 Å². The topological polar surface area (TPSA) is 12.9 Å². The summed E-state index contributed by atoms with van der Waals surface area (Å²) >= 11 is 10.6. The SMILES string of the molecule is FC(F)c1c(I)ncc(CBr)c1Cl. The monoisotopic (exact) mass is 381 g/mol. The van der Waals surface area contributed by atoms with Gasteiger partial charge in [0.1, 0.15) is 3.70 Å². The summed E-state index contributed by atoms with van der Waals surface area (Å²) in [6.45, 7) is 0. The van der Waals surface area contributed by atoms with E-state index in [-0.39, 0.29) is 14.3 Å². The Balaban J connectivity index is 3.30. The van der Waals surface area contributed by atoms with Gasteiger partial charge < -0.3 is 0 Å². The highest BCUT2D eigenvalue weighted by Crippen LogP contribution is 2.33. The Hall–Kier alpha value is 0.510. The summed E-state index contributed by atoms with van der Waals surface area (Å²) in [6.07, 6.45) is -1.09. The van der Waals surface area contributed by atoms with E-state index in [1.165, 1.54) is 6.20 Å². The lowest BCUT2D eigenvalue weighted by Crippen LogP contribution is -1.97. The normalized spacial score (nSPS) is 10.9. The number of rotatable bonds is 2. The number of alkyl halides is 3. The molecule has 0 aliphatic heterocycles. The standard InChI is InChI=1S/C7H4BrClF2IN/c8-1-3-2-13-7(12)4(5(3)9)6(10)11/h2,6H,1H2. The molecule has 0 aliphatic carbocycles. The van der Waals surface area contributed by atoms with Crippen molar-refractivity contribution in [3.05, 3.63) is 26.0 Å². The van der Waals surface area contributed by atoms with Crippen LogP contribution in [0.5, 0.6) is 0 Å². The smallest absolute Gasteiger partial charge is 0.249 e. The van der Waals surface area contributed by atoms with Crippen molar-refractivity contribution in [3.8, 4) is 0 Å². The second kappa shape index (κ2) is 4.84.